The van der Waals surface area contributed by atoms with E-state index in [1.807, 2.05) is 0 Å². The Labute approximate surface area is 114 Å². The Balaban J connectivity index is 1.99. The van der Waals surface area contributed by atoms with Crippen LogP contribution in [0.2, 0.25) is 0 Å². The molecule has 0 bridgehead atoms. The molecule has 100 valence electrons. The Bertz CT molecular complexity index is 603. The van der Waals surface area contributed by atoms with Crippen molar-refractivity contribution < 1.29 is 0 Å². The summed E-state index contributed by atoms with van der Waals surface area (Å²) in [6.07, 6.45) is 5.68. The number of hydrogen-bond donors (Lipinski definition) is 2. The lowest BCUT2D eigenvalue weighted by molar-refractivity contribution is 0.614. The average Bonchev–Trinajstić information content (AvgIpc) is 3.08. The van der Waals surface area contributed by atoms with E-state index in [9.17, 15) is 0 Å². The van der Waals surface area contributed by atoms with Gasteiger partial charge in [0.25, 0.3) is 0 Å². The predicted octanol–water partition coefficient (Wildman–Crippen LogP) is 3.80. The normalized spacial score (nSPS) is 20.3. The van der Waals surface area contributed by atoms with Crippen LogP contribution >= 0.6 is 0 Å². The van der Waals surface area contributed by atoms with Crippen LogP contribution in [0.1, 0.15) is 50.5 Å². The summed E-state index contributed by atoms with van der Waals surface area (Å²) in [6.45, 7) is 5.40. The summed E-state index contributed by atoms with van der Waals surface area (Å²) in [5, 5.41) is 3.49. The number of benzene rings is 1. The minimum Gasteiger partial charge on any atom is -0.341 e. The summed E-state index contributed by atoms with van der Waals surface area (Å²) in [5.41, 5.74) is 4.90. The molecule has 1 aromatic carbocycles. The largest absolute Gasteiger partial charge is 0.341 e. The number of nitrogens with zero attached hydrogens (tertiary/aromatic N) is 1. The molecular formula is C16H21N3. The molecule has 1 atom stereocenters. The highest BCUT2D eigenvalue weighted by Crippen LogP contribution is 2.26. The number of imidazole rings is 1. The first-order valence-electron chi connectivity index (χ1n) is 7.20. The van der Waals surface area contributed by atoms with E-state index in [2.05, 4.69) is 48.4 Å². The molecule has 3 rings (SSSR count). The van der Waals surface area contributed by atoms with Gasteiger partial charge in [0, 0.05) is 0 Å². The van der Waals surface area contributed by atoms with Crippen LogP contribution in [0.15, 0.2) is 24.3 Å². The molecule has 1 aromatic heterocycles. The van der Waals surface area contributed by atoms with E-state index >= 15 is 0 Å². The summed E-state index contributed by atoms with van der Waals surface area (Å²) < 4.78 is 0. The third-order valence-electron chi connectivity index (χ3n) is 3.99. The third kappa shape index (κ3) is 2.30. The van der Waals surface area contributed by atoms with Gasteiger partial charge < -0.3 is 10.3 Å². The van der Waals surface area contributed by atoms with Crippen LogP contribution in [-0.2, 0) is 0 Å². The zero-order chi connectivity index (χ0) is 13.2. The molecule has 2 N–H and O–H groups in total. The van der Waals surface area contributed by atoms with E-state index in [-0.39, 0.29) is 0 Å². The van der Waals surface area contributed by atoms with Gasteiger partial charge in [-0.25, -0.2) is 4.98 Å². The van der Waals surface area contributed by atoms with E-state index in [0.717, 1.165) is 29.8 Å². The molecule has 1 saturated heterocycles. The molecule has 0 saturated carbocycles. The van der Waals surface area contributed by atoms with Crippen LogP contribution in [0.4, 0.5) is 0 Å². The number of allylic oxidation sites excluding steroid dienone is 2. The van der Waals surface area contributed by atoms with Gasteiger partial charge in [-0.15, -0.1) is 0 Å². The summed E-state index contributed by atoms with van der Waals surface area (Å²) in [7, 11) is 0. The zero-order valence-corrected chi connectivity index (χ0v) is 11.7. The monoisotopic (exact) mass is 255 g/mol. The molecule has 0 spiro atoms. The molecule has 1 aliphatic heterocycles. The van der Waals surface area contributed by atoms with Crippen molar-refractivity contribution >= 4 is 16.6 Å². The van der Waals surface area contributed by atoms with E-state index < -0.39 is 0 Å². The topological polar surface area (TPSA) is 40.7 Å². The second kappa shape index (κ2) is 5.17. The Morgan fingerprint density at radius 3 is 3.05 bits per heavy atom. The number of fused-ring (bicyclic) bond motifs is 1. The van der Waals surface area contributed by atoms with Crippen LogP contribution in [0.5, 0.6) is 0 Å². The van der Waals surface area contributed by atoms with Gasteiger partial charge in [-0.2, -0.15) is 0 Å². The number of hydrogen-bond acceptors (Lipinski definition) is 2. The second-order valence-corrected chi connectivity index (χ2v) is 5.17. The predicted molar refractivity (Wildman–Crippen MR) is 80.0 cm³/mol. The number of H-pyrrole nitrogens is 1. The fraction of sp³-hybridized carbons (Fsp3) is 0.438. The molecule has 0 aliphatic carbocycles. The quantitative estimate of drug-likeness (QED) is 0.875. The first kappa shape index (κ1) is 12.4. The molecule has 2 heterocycles. The van der Waals surface area contributed by atoms with Gasteiger partial charge in [0.15, 0.2) is 0 Å². The van der Waals surface area contributed by atoms with Crippen LogP contribution in [-0.4, -0.2) is 16.5 Å². The zero-order valence-electron chi connectivity index (χ0n) is 11.7. The van der Waals surface area contributed by atoms with Crippen molar-refractivity contribution in [3.05, 3.63) is 35.7 Å². The Morgan fingerprint density at radius 2 is 2.37 bits per heavy atom. The highest BCUT2D eigenvalue weighted by molar-refractivity contribution is 5.81. The van der Waals surface area contributed by atoms with E-state index in [1.54, 1.807) is 0 Å². The van der Waals surface area contributed by atoms with Gasteiger partial charge in [0.1, 0.15) is 5.82 Å². The minimum atomic E-state index is 0.406. The Kier molecular flexibility index (Phi) is 3.38. The number of aromatic nitrogens is 2. The summed E-state index contributed by atoms with van der Waals surface area (Å²) in [4.78, 5) is 8.19. The minimum absolute atomic E-state index is 0.406. The lowest BCUT2D eigenvalue weighted by atomic mass is 10.0. The van der Waals surface area contributed by atoms with E-state index in [0.29, 0.717) is 6.04 Å². The van der Waals surface area contributed by atoms with Crippen LogP contribution in [0, 0.1) is 0 Å². The first-order chi connectivity index (χ1) is 9.31. The fourth-order valence-electron chi connectivity index (χ4n) is 2.89. The molecule has 0 amide bonds. The van der Waals surface area contributed by atoms with Crippen LogP contribution in [0.25, 0.3) is 16.6 Å². The van der Waals surface area contributed by atoms with Gasteiger partial charge in [0.05, 0.1) is 17.1 Å². The van der Waals surface area contributed by atoms with Gasteiger partial charge in [-0.3, -0.25) is 0 Å². The van der Waals surface area contributed by atoms with Crippen molar-refractivity contribution in [1.29, 1.82) is 0 Å². The third-order valence-corrected chi connectivity index (χ3v) is 3.99. The maximum absolute atomic E-state index is 4.71. The number of aromatic amines is 1. The Morgan fingerprint density at radius 1 is 1.47 bits per heavy atom. The summed E-state index contributed by atoms with van der Waals surface area (Å²) in [6, 6.07) is 6.93. The summed E-state index contributed by atoms with van der Waals surface area (Å²) >= 11 is 0. The average molecular weight is 255 g/mol. The van der Waals surface area contributed by atoms with Gasteiger partial charge in [-0.05, 0) is 56.0 Å². The molecule has 0 radical (unpaired) electrons. The highest BCUT2D eigenvalue weighted by Gasteiger charge is 2.19. The van der Waals surface area contributed by atoms with Crippen LogP contribution < -0.4 is 5.32 Å². The van der Waals surface area contributed by atoms with Crippen molar-refractivity contribution in [1.82, 2.24) is 15.3 Å². The van der Waals surface area contributed by atoms with Crippen molar-refractivity contribution in [3.8, 4) is 0 Å². The lowest BCUT2D eigenvalue weighted by Gasteiger charge is -2.04. The van der Waals surface area contributed by atoms with Gasteiger partial charge in [-0.1, -0.05) is 19.1 Å². The van der Waals surface area contributed by atoms with E-state index in [4.69, 9.17) is 4.98 Å². The molecule has 1 unspecified atom stereocenters. The maximum atomic E-state index is 4.71. The number of rotatable bonds is 3. The lowest BCUT2D eigenvalue weighted by Crippen LogP contribution is -2.13. The van der Waals surface area contributed by atoms with Crippen molar-refractivity contribution in [2.75, 3.05) is 6.54 Å². The fourth-order valence-corrected chi connectivity index (χ4v) is 2.89. The van der Waals surface area contributed by atoms with Crippen molar-refractivity contribution in [2.24, 2.45) is 0 Å². The standard InChI is InChI=1S/C16H21N3/c1-3-11(4-2)12-7-8-13-15(10-12)19-16(18-13)14-6-5-9-17-14/h3,7-8,10,14,17H,4-6,9H2,1-2H3,(H,18,19). The van der Waals surface area contributed by atoms with Gasteiger partial charge >= 0.3 is 0 Å². The maximum Gasteiger partial charge on any atom is 0.124 e. The van der Waals surface area contributed by atoms with Gasteiger partial charge in [0.2, 0.25) is 0 Å². The van der Waals surface area contributed by atoms with Crippen molar-refractivity contribution in [2.45, 2.75) is 39.2 Å². The highest BCUT2D eigenvalue weighted by atomic mass is 15.0. The first-order valence-corrected chi connectivity index (χ1v) is 7.20. The van der Waals surface area contributed by atoms with E-state index in [1.165, 1.54) is 24.0 Å². The van der Waals surface area contributed by atoms with Crippen LogP contribution in [0.3, 0.4) is 0 Å². The molecular weight excluding hydrogens is 234 g/mol. The summed E-state index contributed by atoms with van der Waals surface area (Å²) in [5.74, 6) is 1.09. The molecule has 1 aliphatic rings. The molecule has 2 aromatic rings. The Hall–Kier alpha value is -1.61. The SMILES string of the molecule is CC=C(CC)c1ccc2nc(C3CCCN3)[nH]c2c1. The molecule has 3 heteroatoms. The smallest absolute Gasteiger partial charge is 0.124 e. The number of nitrogens with one attached hydrogen (secondary N) is 2. The molecule has 3 nitrogen and oxygen atoms in total. The molecule has 1 fully saturated rings. The second-order valence-electron chi connectivity index (χ2n) is 5.17. The van der Waals surface area contributed by atoms with Crippen molar-refractivity contribution in [3.63, 3.8) is 0 Å². The molecule has 19 heavy (non-hydrogen) atoms.